The van der Waals surface area contributed by atoms with Crippen LogP contribution in [0.2, 0.25) is 0 Å². The molecule has 0 aliphatic rings. The molecule has 0 aliphatic carbocycles. The Morgan fingerprint density at radius 1 is 1.05 bits per heavy atom. The predicted molar refractivity (Wildman–Crippen MR) is 148 cm³/mol. The lowest BCUT2D eigenvalue weighted by Crippen LogP contribution is -2.33. The van der Waals surface area contributed by atoms with E-state index in [1.165, 1.54) is 32.7 Å². The zero-order valence-electron chi connectivity index (χ0n) is 21.6. The number of nitrogens with one attached hydrogen (secondary N) is 1. The lowest BCUT2D eigenvalue weighted by molar-refractivity contribution is 0.102. The average Bonchev–Trinajstić information content (AvgIpc) is 2.93. The van der Waals surface area contributed by atoms with Gasteiger partial charge in [-0.1, -0.05) is 25.1 Å². The van der Waals surface area contributed by atoms with Crippen molar-refractivity contribution in [2.45, 2.75) is 19.9 Å². The third-order valence-corrected chi connectivity index (χ3v) is 7.94. The standard InChI is InChI=1S/C27H28FN5O5S/c1-4-14-39(35,36)33(15-17-8-10-18(37-2)11-9-17)22-13-12-21(28)24(25(22)38-3)32-27(34)20-7-5-6-19-23(20)30-16-31-26(19)29/h5-13,16H,4,14-15H2,1-3H3,(H,32,34)(H2,29,30,31). The highest BCUT2D eigenvalue weighted by molar-refractivity contribution is 7.92. The van der Waals surface area contributed by atoms with Gasteiger partial charge >= 0.3 is 0 Å². The number of fused-ring (bicyclic) bond motifs is 1. The lowest BCUT2D eigenvalue weighted by Gasteiger charge is -2.27. The summed E-state index contributed by atoms with van der Waals surface area (Å²) in [4.78, 5) is 21.4. The van der Waals surface area contributed by atoms with Crippen LogP contribution in [0.25, 0.3) is 10.9 Å². The Bertz CT molecular complexity index is 1610. The van der Waals surface area contributed by atoms with Gasteiger partial charge in [0.2, 0.25) is 10.0 Å². The van der Waals surface area contributed by atoms with Crippen molar-refractivity contribution < 1.29 is 27.1 Å². The fourth-order valence-electron chi connectivity index (χ4n) is 4.14. The number of aromatic nitrogens is 2. The third kappa shape index (κ3) is 5.70. The van der Waals surface area contributed by atoms with Gasteiger partial charge in [0.1, 0.15) is 23.6 Å². The average molecular weight is 554 g/mol. The van der Waals surface area contributed by atoms with E-state index in [1.54, 1.807) is 43.3 Å². The molecule has 4 aromatic rings. The maximum Gasteiger partial charge on any atom is 0.258 e. The SMILES string of the molecule is CCCS(=O)(=O)N(Cc1ccc(OC)cc1)c1ccc(F)c(NC(=O)c2cccc3c(N)ncnc23)c1OC. The van der Waals surface area contributed by atoms with E-state index < -0.39 is 21.7 Å². The molecule has 0 saturated carbocycles. The summed E-state index contributed by atoms with van der Waals surface area (Å²) in [5.41, 5.74) is 6.75. The molecule has 1 amide bonds. The normalized spacial score (nSPS) is 11.3. The number of halogens is 1. The van der Waals surface area contributed by atoms with Gasteiger partial charge in [0.05, 0.1) is 43.3 Å². The van der Waals surface area contributed by atoms with Crippen LogP contribution >= 0.6 is 0 Å². The van der Waals surface area contributed by atoms with Crippen LogP contribution in [0.15, 0.2) is 60.9 Å². The molecule has 0 saturated heterocycles. The fourth-order valence-corrected chi connectivity index (χ4v) is 5.66. The summed E-state index contributed by atoms with van der Waals surface area (Å²) in [6.45, 7) is 1.69. The number of methoxy groups -OCH3 is 2. The van der Waals surface area contributed by atoms with Crippen LogP contribution in [0.1, 0.15) is 29.3 Å². The third-order valence-electron chi connectivity index (χ3n) is 6.02. The Morgan fingerprint density at radius 2 is 1.79 bits per heavy atom. The highest BCUT2D eigenvalue weighted by Crippen LogP contribution is 2.40. The Hall–Kier alpha value is -4.45. The van der Waals surface area contributed by atoms with Crippen molar-refractivity contribution in [2.24, 2.45) is 0 Å². The highest BCUT2D eigenvalue weighted by Gasteiger charge is 2.29. The number of amides is 1. The Balaban J connectivity index is 1.79. The number of hydrogen-bond donors (Lipinski definition) is 2. The van der Waals surface area contributed by atoms with Crippen LogP contribution in [-0.2, 0) is 16.6 Å². The number of nitrogens with two attached hydrogens (primary N) is 1. The maximum absolute atomic E-state index is 15.2. The predicted octanol–water partition coefficient (Wildman–Crippen LogP) is 4.37. The monoisotopic (exact) mass is 553 g/mol. The molecule has 0 atom stereocenters. The Kier molecular flexibility index (Phi) is 8.15. The van der Waals surface area contributed by atoms with Gasteiger partial charge < -0.3 is 20.5 Å². The summed E-state index contributed by atoms with van der Waals surface area (Å²) in [5.74, 6) is -0.988. The minimum Gasteiger partial charge on any atom is -0.497 e. The summed E-state index contributed by atoms with van der Waals surface area (Å²) in [6, 6.07) is 14.1. The largest absolute Gasteiger partial charge is 0.497 e. The van der Waals surface area contributed by atoms with Gasteiger partial charge in [-0.25, -0.2) is 22.8 Å². The van der Waals surface area contributed by atoms with Gasteiger partial charge in [-0.05, 0) is 48.4 Å². The molecular formula is C27H28FN5O5S. The second-order valence-electron chi connectivity index (χ2n) is 8.56. The van der Waals surface area contributed by atoms with Gasteiger partial charge in [-0.15, -0.1) is 0 Å². The molecule has 0 spiro atoms. The van der Waals surface area contributed by atoms with E-state index in [2.05, 4.69) is 15.3 Å². The molecular weight excluding hydrogens is 525 g/mol. The number of hydrogen-bond acceptors (Lipinski definition) is 8. The van der Waals surface area contributed by atoms with Gasteiger partial charge in [-0.3, -0.25) is 9.10 Å². The number of ether oxygens (including phenoxy) is 2. The first-order valence-corrected chi connectivity index (χ1v) is 13.6. The molecule has 39 heavy (non-hydrogen) atoms. The van der Waals surface area contributed by atoms with Crippen LogP contribution in [0.4, 0.5) is 21.6 Å². The number of nitrogen functional groups attached to an aromatic ring is 1. The first-order chi connectivity index (χ1) is 18.7. The first-order valence-electron chi connectivity index (χ1n) is 12.0. The Morgan fingerprint density at radius 3 is 2.46 bits per heavy atom. The molecule has 4 rings (SSSR count). The van der Waals surface area contributed by atoms with Crippen LogP contribution in [0, 0.1) is 5.82 Å². The van der Waals surface area contributed by atoms with Gasteiger partial charge in [0, 0.05) is 5.39 Å². The number of carbonyl (C=O) groups excluding carboxylic acids is 1. The van der Waals surface area contributed by atoms with Gasteiger partial charge in [0.15, 0.2) is 11.6 Å². The van der Waals surface area contributed by atoms with Crippen molar-refractivity contribution in [3.05, 3.63) is 77.9 Å². The van der Waals surface area contributed by atoms with Crippen molar-refractivity contribution >= 4 is 44.0 Å². The van der Waals surface area contributed by atoms with E-state index in [-0.39, 0.29) is 46.3 Å². The van der Waals surface area contributed by atoms with Crippen molar-refractivity contribution in [2.75, 3.05) is 35.3 Å². The Labute approximate surface area is 225 Å². The lowest BCUT2D eigenvalue weighted by atomic mass is 10.1. The first kappa shape index (κ1) is 27.6. The molecule has 12 heteroatoms. The maximum atomic E-state index is 15.2. The van der Waals surface area contributed by atoms with E-state index in [1.807, 2.05) is 0 Å². The van der Waals surface area contributed by atoms with E-state index in [0.29, 0.717) is 23.1 Å². The zero-order chi connectivity index (χ0) is 28.2. The summed E-state index contributed by atoms with van der Waals surface area (Å²) >= 11 is 0. The van der Waals surface area contributed by atoms with Crippen molar-refractivity contribution in [3.63, 3.8) is 0 Å². The van der Waals surface area contributed by atoms with Crippen LogP contribution in [-0.4, -0.2) is 44.3 Å². The molecule has 0 fully saturated rings. The molecule has 10 nitrogen and oxygen atoms in total. The molecule has 3 aromatic carbocycles. The zero-order valence-corrected chi connectivity index (χ0v) is 22.5. The molecule has 0 bridgehead atoms. The van der Waals surface area contributed by atoms with Crippen molar-refractivity contribution in [1.82, 2.24) is 9.97 Å². The topological polar surface area (TPSA) is 137 Å². The van der Waals surface area contributed by atoms with Crippen LogP contribution < -0.4 is 24.8 Å². The number of nitrogens with zero attached hydrogens (tertiary/aromatic N) is 3. The van der Waals surface area contributed by atoms with E-state index >= 15 is 4.39 Å². The fraction of sp³-hybridized carbons (Fsp3) is 0.222. The molecule has 0 aliphatic heterocycles. The van der Waals surface area contributed by atoms with E-state index in [4.69, 9.17) is 15.2 Å². The summed E-state index contributed by atoms with van der Waals surface area (Å²) in [6.07, 6.45) is 1.59. The molecule has 3 N–H and O–H groups in total. The van der Waals surface area contributed by atoms with E-state index in [0.717, 1.165) is 10.4 Å². The van der Waals surface area contributed by atoms with Crippen molar-refractivity contribution in [3.8, 4) is 11.5 Å². The second kappa shape index (κ2) is 11.5. The molecule has 1 aromatic heterocycles. The molecule has 0 unspecified atom stereocenters. The second-order valence-corrected chi connectivity index (χ2v) is 10.6. The quantitative estimate of drug-likeness (QED) is 0.295. The van der Waals surface area contributed by atoms with Crippen molar-refractivity contribution in [1.29, 1.82) is 0 Å². The van der Waals surface area contributed by atoms with Crippen LogP contribution in [0.5, 0.6) is 11.5 Å². The van der Waals surface area contributed by atoms with E-state index in [9.17, 15) is 13.2 Å². The number of rotatable bonds is 10. The number of para-hydroxylation sites is 1. The number of benzene rings is 3. The number of sulfonamides is 1. The molecule has 1 heterocycles. The smallest absolute Gasteiger partial charge is 0.258 e. The minimum absolute atomic E-state index is 0.0543. The number of anilines is 3. The molecule has 0 radical (unpaired) electrons. The molecule has 204 valence electrons. The summed E-state index contributed by atoms with van der Waals surface area (Å²) in [7, 11) is -1.05. The van der Waals surface area contributed by atoms with Gasteiger partial charge in [-0.2, -0.15) is 0 Å². The summed E-state index contributed by atoms with van der Waals surface area (Å²) < 4.78 is 53.8. The summed E-state index contributed by atoms with van der Waals surface area (Å²) in [5, 5.41) is 3.00. The minimum atomic E-state index is -3.86. The van der Waals surface area contributed by atoms with Crippen LogP contribution in [0.3, 0.4) is 0 Å². The highest BCUT2D eigenvalue weighted by atomic mass is 32.2. The number of carbonyl (C=O) groups is 1. The van der Waals surface area contributed by atoms with Gasteiger partial charge in [0.25, 0.3) is 5.91 Å².